The summed E-state index contributed by atoms with van der Waals surface area (Å²) in [4.78, 5) is 0. The first-order chi connectivity index (χ1) is 10.2. The van der Waals surface area contributed by atoms with Crippen LogP contribution in [-0.2, 0) is 0 Å². The van der Waals surface area contributed by atoms with Crippen molar-refractivity contribution in [1.82, 2.24) is 0 Å². The van der Waals surface area contributed by atoms with E-state index in [1.54, 1.807) is 6.07 Å². The van der Waals surface area contributed by atoms with Gasteiger partial charge in [-0.15, -0.1) is 0 Å². The monoisotopic (exact) mass is 292 g/mol. The Hall–Kier alpha value is -1.29. The molecule has 5 atom stereocenters. The average Bonchev–Trinajstić information content (AvgIpc) is 2.93. The maximum atomic E-state index is 14.3. The van der Waals surface area contributed by atoms with Crippen LogP contribution in [-0.4, -0.2) is 19.3 Å². The number of aliphatic hydroxyl groups is 1. The first-order valence-electron chi connectivity index (χ1n) is 7.75. The number of benzene rings is 1. The molecule has 1 aromatic carbocycles. The summed E-state index contributed by atoms with van der Waals surface area (Å²) in [6.07, 6.45) is 3.20. The second-order valence-electron chi connectivity index (χ2n) is 6.74. The van der Waals surface area contributed by atoms with Crippen LogP contribution in [0.15, 0.2) is 12.1 Å². The summed E-state index contributed by atoms with van der Waals surface area (Å²) in [7, 11) is 3.01. The summed E-state index contributed by atoms with van der Waals surface area (Å²) in [5.41, 5.74) is 0.353. The molecule has 5 unspecified atom stereocenters. The van der Waals surface area contributed by atoms with E-state index in [0.717, 1.165) is 11.8 Å². The Kier molecular flexibility index (Phi) is 2.93. The SMILES string of the molecule is COc1cc(F)c(C(O)C2C3C4CCC(C4)C32)cc1OC. The van der Waals surface area contributed by atoms with Gasteiger partial charge >= 0.3 is 0 Å². The molecule has 0 heterocycles. The van der Waals surface area contributed by atoms with Gasteiger partial charge in [0.15, 0.2) is 11.5 Å². The Balaban J connectivity index is 1.62. The van der Waals surface area contributed by atoms with Crippen molar-refractivity contribution in [2.45, 2.75) is 25.4 Å². The van der Waals surface area contributed by atoms with Crippen molar-refractivity contribution in [3.05, 3.63) is 23.5 Å². The van der Waals surface area contributed by atoms with Crippen LogP contribution in [0.1, 0.15) is 30.9 Å². The van der Waals surface area contributed by atoms with E-state index in [0.29, 0.717) is 28.9 Å². The Labute approximate surface area is 124 Å². The Morgan fingerprint density at radius 2 is 1.67 bits per heavy atom. The van der Waals surface area contributed by atoms with Crippen molar-refractivity contribution in [1.29, 1.82) is 0 Å². The smallest absolute Gasteiger partial charge is 0.163 e. The van der Waals surface area contributed by atoms with Crippen LogP contribution in [0.2, 0.25) is 0 Å². The second-order valence-corrected chi connectivity index (χ2v) is 6.74. The summed E-state index contributed by atoms with van der Waals surface area (Å²) in [5.74, 6) is 3.44. The van der Waals surface area contributed by atoms with Gasteiger partial charge in [-0.2, -0.15) is 0 Å². The van der Waals surface area contributed by atoms with Crippen molar-refractivity contribution in [3.63, 3.8) is 0 Å². The average molecular weight is 292 g/mol. The van der Waals surface area contributed by atoms with Gasteiger partial charge in [0.2, 0.25) is 0 Å². The Bertz CT molecular complexity index is 557. The highest BCUT2D eigenvalue weighted by atomic mass is 19.1. The summed E-state index contributed by atoms with van der Waals surface area (Å²) in [6, 6.07) is 2.90. The van der Waals surface area contributed by atoms with Gasteiger partial charge in [0.25, 0.3) is 0 Å². The summed E-state index contributed by atoms with van der Waals surface area (Å²) < 4.78 is 24.6. The van der Waals surface area contributed by atoms with Gasteiger partial charge < -0.3 is 14.6 Å². The minimum atomic E-state index is -0.719. The molecule has 3 aliphatic rings. The largest absolute Gasteiger partial charge is 0.493 e. The molecule has 0 aromatic heterocycles. The number of ether oxygens (including phenoxy) is 2. The van der Waals surface area contributed by atoms with E-state index in [-0.39, 0.29) is 5.92 Å². The van der Waals surface area contributed by atoms with E-state index in [9.17, 15) is 9.50 Å². The topological polar surface area (TPSA) is 38.7 Å². The minimum Gasteiger partial charge on any atom is -0.493 e. The molecule has 1 aromatic rings. The number of aliphatic hydroxyl groups excluding tert-OH is 1. The summed E-state index contributed by atoms with van der Waals surface area (Å²) >= 11 is 0. The fourth-order valence-electron chi connectivity index (χ4n) is 5.12. The molecule has 0 radical (unpaired) electrons. The molecule has 0 amide bonds. The van der Waals surface area contributed by atoms with E-state index < -0.39 is 11.9 Å². The molecule has 4 heteroatoms. The lowest BCUT2D eigenvalue weighted by molar-refractivity contribution is 0.125. The van der Waals surface area contributed by atoms with E-state index >= 15 is 0 Å². The molecule has 21 heavy (non-hydrogen) atoms. The third-order valence-electron chi connectivity index (χ3n) is 5.98. The van der Waals surface area contributed by atoms with Gasteiger partial charge in [0.1, 0.15) is 5.82 Å². The summed E-state index contributed by atoms with van der Waals surface area (Å²) in [5, 5.41) is 10.7. The lowest BCUT2D eigenvalue weighted by atomic mass is 9.94. The molecule has 2 bridgehead atoms. The first kappa shape index (κ1) is 13.4. The molecule has 0 saturated heterocycles. The lowest BCUT2D eigenvalue weighted by Gasteiger charge is -2.18. The van der Waals surface area contributed by atoms with Crippen molar-refractivity contribution in [2.24, 2.45) is 29.6 Å². The minimum absolute atomic E-state index is 0.240. The maximum Gasteiger partial charge on any atom is 0.163 e. The predicted octanol–water partition coefficient (Wildman–Crippen LogP) is 3.17. The fraction of sp³-hybridized carbons (Fsp3) is 0.647. The van der Waals surface area contributed by atoms with Crippen molar-refractivity contribution < 1.29 is 19.0 Å². The molecule has 3 aliphatic carbocycles. The van der Waals surface area contributed by atoms with E-state index in [1.165, 1.54) is 39.5 Å². The quantitative estimate of drug-likeness (QED) is 0.926. The van der Waals surface area contributed by atoms with Crippen LogP contribution in [0.4, 0.5) is 4.39 Å². The molecule has 114 valence electrons. The zero-order valence-electron chi connectivity index (χ0n) is 12.4. The predicted molar refractivity (Wildman–Crippen MR) is 75.8 cm³/mol. The fourth-order valence-corrected chi connectivity index (χ4v) is 5.12. The molecule has 4 rings (SSSR count). The van der Waals surface area contributed by atoms with Gasteiger partial charge in [-0.3, -0.25) is 0 Å². The van der Waals surface area contributed by atoms with Crippen LogP contribution >= 0.6 is 0 Å². The molecule has 0 spiro atoms. The zero-order chi connectivity index (χ0) is 14.7. The van der Waals surface area contributed by atoms with Gasteiger partial charge in [-0.1, -0.05) is 0 Å². The van der Waals surface area contributed by atoms with Crippen molar-refractivity contribution >= 4 is 0 Å². The third kappa shape index (κ3) is 1.81. The number of rotatable bonds is 4. The number of hydrogen-bond donors (Lipinski definition) is 1. The van der Waals surface area contributed by atoms with Crippen molar-refractivity contribution in [3.8, 4) is 11.5 Å². The van der Waals surface area contributed by atoms with E-state index in [4.69, 9.17) is 9.47 Å². The highest BCUT2D eigenvalue weighted by Crippen LogP contribution is 2.72. The van der Waals surface area contributed by atoms with E-state index in [1.807, 2.05) is 0 Å². The number of fused-ring (bicyclic) bond motifs is 5. The lowest BCUT2D eigenvalue weighted by Crippen LogP contribution is -2.10. The van der Waals surface area contributed by atoms with Gasteiger partial charge in [-0.25, -0.2) is 4.39 Å². The normalized spacial score (nSPS) is 37.2. The van der Waals surface area contributed by atoms with Crippen LogP contribution in [0.25, 0.3) is 0 Å². The van der Waals surface area contributed by atoms with Crippen LogP contribution in [0.5, 0.6) is 11.5 Å². The third-order valence-corrected chi connectivity index (χ3v) is 5.98. The number of hydrogen-bond acceptors (Lipinski definition) is 3. The van der Waals surface area contributed by atoms with Crippen LogP contribution in [0, 0.1) is 35.4 Å². The van der Waals surface area contributed by atoms with Crippen molar-refractivity contribution in [2.75, 3.05) is 14.2 Å². The molecule has 3 nitrogen and oxygen atoms in total. The highest BCUT2D eigenvalue weighted by molar-refractivity contribution is 5.45. The van der Waals surface area contributed by atoms with E-state index in [2.05, 4.69) is 0 Å². The van der Waals surface area contributed by atoms with Crippen LogP contribution < -0.4 is 9.47 Å². The first-order valence-corrected chi connectivity index (χ1v) is 7.75. The molecular weight excluding hydrogens is 271 g/mol. The van der Waals surface area contributed by atoms with Crippen LogP contribution in [0.3, 0.4) is 0 Å². The maximum absolute atomic E-state index is 14.3. The summed E-state index contributed by atoms with van der Waals surface area (Å²) in [6.45, 7) is 0. The molecule has 0 aliphatic heterocycles. The van der Waals surface area contributed by atoms with Gasteiger partial charge in [0.05, 0.1) is 20.3 Å². The Morgan fingerprint density at radius 3 is 2.24 bits per heavy atom. The standard InChI is InChI=1S/C17H21FO3/c1-20-12-6-10(11(18)7-13(12)21-2)17(19)16-14-8-3-4-9(5-8)15(14)16/h6-9,14-17,19H,3-5H2,1-2H3. The molecular formula is C17H21FO3. The number of halogens is 1. The Morgan fingerprint density at radius 1 is 1.10 bits per heavy atom. The molecule has 1 N–H and O–H groups in total. The molecule has 3 fully saturated rings. The number of methoxy groups -OCH3 is 2. The zero-order valence-corrected chi connectivity index (χ0v) is 12.4. The van der Waals surface area contributed by atoms with Gasteiger partial charge in [-0.05, 0) is 54.9 Å². The molecule has 3 saturated carbocycles. The van der Waals surface area contributed by atoms with Gasteiger partial charge in [0, 0.05) is 11.6 Å². The second kappa shape index (κ2) is 4.60. The highest BCUT2D eigenvalue weighted by Gasteiger charge is 2.67.